The molecule has 0 amide bonds. The minimum atomic E-state index is -0.453. The normalized spacial score (nSPS) is 19.3. The van der Waals surface area contributed by atoms with Crippen molar-refractivity contribution in [2.75, 3.05) is 18.4 Å². The summed E-state index contributed by atoms with van der Waals surface area (Å²) in [7, 11) is 0. The Hall–Kier alpha value is -2.55. The van der Waals surface area contributed by atoms with Gasteiger partial charge in [-0.1, -0.05) is 19.0 Å². The Bertz CT molecular complexity index is 730. The average molecular weight is 346 g/mol. The van der Waals surface area contributed by atoms with Crippen molar-refractivity contribution in [2.24, 2.45) is 0 Å². The molecule has 134 valence electrons. The van der Waals surface area contributed by atoms with Crippen molar-refractivity contribution in [3.05, 3.63) is 40.2 Å². The van der Waals surface area contributed by atoms with Gasteiger partial charge in [0.25, 0.3) is 5.69 Å². The van der Waals surface area contributed by atoms with Gasteiger partial charge in [0.2, 0.25) is 5.89 Å². The molecule has 3 rings (SSSR count). The van der Waals surface area contributed by atoms with E-state index >= 15 is 0 Å². The van der Waals surface area contributed by atoms with E-state index in [0.29, 0.717) is 11.7 Å². The summed E-state index contributed by atoms with van der Waals surface area (Å²) in [5.74, 6) is 2.25. The second-order valence-electron chi connectivity index (χ2n) is 6.61. The predicted molar refractivity (Wildman–Crippen MR) is 91.3 cm³/mol. The number of pyridine rings is 1. The summed E-state index contributed by atoms with van der Waals surface area (Å²) < 4.78 is 5.39. The van der Waals surface area contributed by atoms with Gasteiger partial charge in [0.1, 0.15) is 12.0 Å². The fourth-order valence-electron chi connectivity index (χ4n) is 2.85. The zero-order chi connectivity index (χ0) is 18.0. The zero-order valence-electron chi connectivity index (χ0n) is 14.5. The number of hydrogen-bond acceptors (Lipinski definition) is 8. The van der Waals surface area contributed by atoms with Crippen LogP contribution in [-0.4, -0.2) is 44.1 Å². The molecule has 0 saturated carbocycles. The highest BCUT2D eigenvalue weighted by atomic mass is 16.6. The van der Waals surface area contributed by atoms with E-state index in [4.69, 9.17) is 4.52 Å². The van der Waals surface area contributed by atoms with E-state index < -0.39 is 4.92 Å². The highest BCUT2D eigenvalue weighted by molar-refractivity contribution is 5.41. The summed E-state index contributed by atoms with van der Waals surface area (Å²) >= 11 is 0. The van der Waals surface area contributed by atoms with E-state index in [9.17, 15) is 10.1 Å². The van der Waals surface area contributed by atoms with Crippen molar-refractivity contribution >= 4 is 11.5 Å². The maximum atomic E-state index is 10.7. The topological polar surface area (TPSA) is 110 Å². The molecule has 9 heteroatoms. The van der Waals surface area contributed by atoms with Crippen LogP contribution in [0.4, 0.5) is 11.5 Å². The minimum absolute atomic E-state index is 0.00966. The molecule has 0 bridgehead atoms. The van der Waals surface area contributed by atoms with E-state index in [0.717, 1.165) is 25.3 Å². The SMILES string of the molecule is CC(C)c1noc([C@@H](C)N2CC[C@H](Nc3ccc([N+](=O)[O-])cn3)C2)n1. The third kappa shape index (κ3) is 3.93. The van der Waals surface area contributed by atoms with Crippen LogP contribution in [0.2, 0.25) is 0 Å². The lowest BCUT2D eigenvalue weighted by Crippen LogP contribution is -2.29. The lowest BCUT2D eigenvalue weighted by Gasteiger charge is -2.21. The molecule has 0 aliphatic carbocycles. The Balaban J connectivity index is 1.58. The van der Waals surface area contributed by atoms with Crippen LogP contribution in [-0.2, 0) is 0 Å². The Labute approximate surface area is 145 Å². The summed E-state index contributed by atoms with van der Waals surface area (Å²) in [6.45, 7) is 7.85. The number of nitrogens with one attached hydrogen (secondary N) is 1. The van der Waals surface area contributed by atoms with Crippen molar-refractivity contribution < 1.29 is 9.45 Å². The lowest BCUT2D eigenvalue weighted by atomic mass is 10.2. The number of aromatic nitrogens is 3. The molecule has 1 aliphatic heterocycles. The van der Waals surface area contributed by atoms with E-state index in [1.165, 1.54) is 12.3 Å². The summed E-state index contributed by atoms with van der Waals surface area (Å²) in [5, 5.41) is 18.0. The maximum Gasteiger partial charge on any atom is 0.287 e. The van der Waals surface area contributed by atoms with Crippen LogP contribution in [0.5, 0.6) is 0 Å². The molecule has 1 aliphatic rings. The van der Waals surface area contributed by atoms with Crippen LogP contribution in [0.25, 0.3) is 0 Å². The quantitative estimate of drug-likeness (QED) is 0.628. The number of rotatable bonds is 6. The predicted octanol–water partition coefficient (Wildman–Crippen LogP) is 2.74. The van der Waals surface area contributed by atoms with Gasteiger partial charge in [0.05, 0.1) is 11.0 Å². The molecule has 25 heavy (non-hydrogen) atoms. The smallest absolute Gasteiger partial charge is 0.287 e. The number of nitrogens with zero attached hydrogens (tertiary/aromatic N) is 5. The van der Waals surface area contributed by atoms with Gasteiger partial charge in [0, 0.05) is 31.1 Å². The van der Waals surface area contributed by atoms with Crippen LogP contribution in [0, 0.1) is 10.1 Å². The second kappa shape index (κ2) is 7.14. The molecule has 0 spiro atoms. The molecular weight excluding hydrogens is 324 g/mol. The molecular formula is C16H22N6O3. The zero-order valence-corrected chi connectivity index (χ0v) is 14.5. The summed E-state index contributed by atoms with van der Waals surface area (Å²) in [6.07, 6.45) is 2.22. The second-order valence-corrected chi connectivity index (χ2v) is 6.61. The van der Waals surface area contributed by atoms with Crippen molar-refractivity contribution in [3.8, 4) is 0 Å². The Morgan fingerprint density at radius 3 is 2.80 bits per heavy atom. The molecule has 2 aromatic rings. The lowest BCUT2D eigenvalue weighted by molar-refractivity contribution is -0.385. The van der Waals surface area contributed by atoms with Gasteiger partial charge in [-0.2, -0.15) is 4.98 Å². The standard InChI is InChI=1S/C16H22N6O3/c1-10(2)15-19-16(25-20-15)11(3)21-7-6-12(9-21)18-14-5-4-13(8-17-14)22(23)24/h4-5,8,10-12H,6-7,9H2,1-3H3,(H,17,18)/t11-,12+/m1/s1. The first-order chi connectivity index (χ1) is 11.9. The molecule has 1 fully saturated rings. The van der Waals surface area contributed by atoms with Crippen LogP contribution in [0.15, 0.2) is 22.9 Å². The fourth-order valence-corrected chi connectivity index (χ4v) is 2.85. The van der Waals surface area contributed by atoms with Crippen molar-refractivity contribution in [1.29, 1.82) is 0 Å². The summed E-state index contributed by atoms with van der Waals surface area (Å²) in [6, 6.07) is 3.37. The molecule has 0 aromatic carbocycles. The number of hydrogen-bond donors (Lipinski definition) is 1. The Kier molecular flexibility index (Phi) is 4.93. The van der Waals surface area contributed by atoms with Crippen LogP contribution < -0.4 is 5.32 Å². The molecule has 1 N–H and O–H groups in total. The summed E-state index contributed by atoms with van der Waals surface area (Å²) in [4.78, 5) is 21.1. The van der Waals surface area contributed by atoms with Crippen LogP contribution >= 0.6 is 0 Å². The molecule has 2 atom stereocenters. The number of anilines is 1. The first kappa shape index (κ1) is 17.3. The van der Waals surface area contributed by atoms with E-state index in [1.54, 1.807) is 6.07 Å². The van der Waals surface area contributed by atoms with Crippen molar-refractivity contribution in [3.63, 3.8) is 0 Å². The fraction of sp³-hybridized carbons (Fsp3) is 0.562. The van der Waals surface area contributed by atoms with Gasteiger partial charge in [0.15, 0.2) is 5.82 Å². The minimum Gasteiger partial charge on any atom is -0.366 e. The first-order valence-electron chi connectivity index (χ1n) is 8.38. The van der Waals surface area contributed by atoms with Gasteiger partial charge in [-0.05, 0) is 19.4 Å². The third-order valence-electron chi connectivity index (χ3n) is 4.41. The van der Waals surface area contributed by atoms with E-state index in [2.05, 4.69) is 32.3 Å². The highest BCUT2D eigenvalue weighted by Gasteiger charge is 2.30. The maximum absolute atomic E-state index is 10.7. The largest absolute Gasteiger partial charge is 0.366 e. The van der Waals surface area contributed by atoms with Crippen LogP contribution in [0.1, 0.15) is 50.9 Å². The monoisotopic (exact) mass is 346 g/mol. The number of nitro groups is 1. The van der Waals surface area contributed by atoms with Crippen molar-refractivity contribution in [1.82, 2.24) is 20.0 Å². The van der Waals surface area contributed by atoms with Gasteiger partial charge in [-0.25, -0.2) is 4.98 Å². The molecule has 2 aromatic heterocycles. The highest BCUT2D eigenvalue weighted by Crippen LogP contribution is 2.26. The summed E-state index contributed by atoms with van der Waals surface area (Å²) in [5.41, 5.74) is -0.00966. The first-order valence-corrected chi connectivity index (χ1v) is 8.38. The Morgan fingerprint density at radius 2 is 2.20 bits per heavy atom. The van der Waals surface area contributed by atoms with Crippen LogP contribution in [0.3, 0.4) is 0 Å². The number of likely N-dealkylation sites (tertiary alicyclic amines) is 1. The molecule has 0 unspecified atom stereocenters. The third-order valence-corrected chi connectivity index (χ3v) is 4.41. The molecule has 3 heterocycles. The van der Waals surface area contributed by atoms with E-state index in [1.807, 2.05) is 13.8 Å². The van der Waals surface area contributed by atoms with Gasteiger partial charge in [-0.3, -0.25) is 15.0 Å². The van der Waals surface area contributed by atoms with Gasteiger partial charge >= 0.3 is 0 Å². The van der Waals surface area contributed by atoms with Gasteiger partial charge in [-0.15, -0.1) is 0 Å². The Morgan fingerprint density at radius 1 is 1.40 bits per heavy atom. The van der Waals surface area contributed by atoms with Gasteiger partial charge < -0.3 is 9.84 Å². The molecule has 9 nitrogen and oxygen atoms in total. The van der Waals surface area contributed by atoms with Crippen molar-refractivity contribution in [2.45, 2.75) is 45.2 Å². The average Bonchev–Trinajstić information content (AvgIpc) is 3.24. The van der Waals surface area contributed by atoms with E-state index in [-0.39, 0.29) is 23.7 Å². The molecule has 1 saturated heterocycles. The molecule has 0 radical (unpaired) electrons.